The van der Waals surface area contributed by atoms with E-state index < -0.39 is 0 Å². The molecule has 42 heavy (non-hydrogen) atoms. The normalized spacial score (nSPS) is 12.0. The van der Waals surface area contributed by atoms with Crippen LogP contribution >= 0.6 is 0 Å². The van der Waals surface area contributed by atoms with Crippen LogP contribution in [0.15, 0.2) is 101 Å². The number of nitrogens with zero attached hydrogens (tertiary/aromatic N) is 2. The molecule has 7 rings (SSSR count). The molecule has 0 saturated carbocycles. The standard InChI is InChI=1S/C39H36N2O/c1-23(2)30-21-29(27-12-8-7-9-13-27)22-31(24(3)4)37(30)41-34-15-11-10-14-33(34)40-39(41)28-18-19-35-32(20-28)36-25(5)16-17-26(6)38(36)42-35/h7-24H,1-6H3. The van der Waals surface area contributed by atoms with E-state index in [9.17, 15) is 0 Å². The predicted molar refractivity (Wildman–Crippen MR) is 177 cm³/mol. The number of rotatable bonds is 5. The van der Waals surface area contributed by atoms with E-state index in [2.05, 4.69) is 143 Å². The fraction of sp³-hybridized carbons (Fsp3) is 0.205. The van der Waals surface area contributed by atoms with Crippen LogP contribution in [0.25, 0.3) is 61.2 Å². The van der Waals surface area contributed by atoms with Gasteiger partial charge in [0.15, 0.2) is 0 Å². The van der Waals surface area contributed by atoms with Gasteiger partial charge in [-0.25, -0.2) is 4.98 Å². The lowest BCUT2D eigenvalue weighted by atomic mass is 9.88. The number of aryl methyl sites for hydroxylation is 2. The van der Waals surface area contributed by atoms with E-state index in [1.54, 1.807) is 0 Å². The zero-order valence-electron chi connectivity index (χ0n) is 25.2. The molecule has 0 saturated heterocycles. The van der Waals surface area contributed by atoms with Gasteiger partial charge in [-0.1, -0.05) is 82.3 Å². The van der Waals surface area contributed by atoms with Gasteiger partial charge in [0.25, 0.3) is 0 Å². The van der Waals surface area contributed by atoms with Gasteiger partial charge < -0.3 is 4.42 Å². The van der Waals surface area contributed by atoms with Gasteiger partial charge in [-0.05, 0) is 102 Å². The van der Waals surface area contributed by atoms with E-state index in [4.69, 9.17) is 9.40 Å². The van der Waals surface area contributed by atoms with Crippen molar-refractivity contribution in [3.63, 3.8) is 0 Å². The fourth-order valence-corrected chi connectivity index (χ4v) is 6.38. The van der Waals surface area contributed by atoms with Crippen LogP contribution in [0.3, 0.4) is 0 Å². The first-order valence-electron chi connectivity index (χ1n) is 15.0. The average Bonchev–Trinajstić information content (AvgIpc) is 3.58. The van der Waals surface area contributed by atoms with Crippen molar-refractivity contribution in [3.8, 4) is 28.2 Å². The summed E-state index contributed by atoms with van der Waals surface area (Å²) in [5.74, 6) is 1.59. The number of hydrogen-bond donors (Lipinski definition) is 0. The molecule has 7 aromatic rings. The van der Waals surface area contributed by atoms with Gasteiger partial charge in [0.1, 0.15) is 17.0 Å². The number of hydrogen-bond acceptors (Lipinski definition) is 2. The van der Waals surface area contributed by atoms with Gasteiger partial charge >= 0.3 is 0 Å². The Labute approximate surface area is 247 Å². The van der Waals surface area contributed by atoms with Crippen molar-refractivity contribution in [1.29, 1.82) is 0 Å². The van der Waals surface area contributed by atoms with Crippen molar-refractivity contribution in [2.45, 2.75) is 53.4 Å². The second-order valence-corrected chi connectivity index (χ2v) is 12.2. The molecule has 5 aromatic carbocycles. The summed E-state index contributed by atoms with van der Waals surface area (Å²) in [7, 11) is 0. The van der Waals surface area contributed by atoms with E-state index in [-0.39, 0.29) is 0 Å². The second-order valence-electron chi connectivity index (χ2n) is 12.2. The molecule has 0 aliphatic rings. The fourth-order valence-electron chi connectivity index (χ4n) is 6.38. The van der Waals surface area contributed by atoms with E-state index in [0.717, 1.165) is 44.5 Å². The van der Waals surface area contributed by atoms with Crippen molar-refractivity contribution in [2.75, 3.05) is 0 Å². The van der Waals surface area contributed by atoms with Crippen LogP contribution in [-0.2, 0) is 0 Å². The van der Waals surface area contributed by atoms with Gasteiger partial charge in [0.05, 0.1) is 16.7 Å². The van der Waals surface area contributed by atoms with Crippen LogP contribution in [0, 0.1) is 13.8 Å². The van der Waals surface area contributed by atoms with E-state index in [1.807, 2.05) is 0 Å². The maximum atomic E-state index is 6.36. The molecule has 0 aliphatic carbocycles. The van der Waals surface area contributed by atoms with Crippen molar-refractivity contribution in [1.82, 2.24) is 9.55 Å². The molecule has 0 unspecified atom stereocenters. The molecule has 0 bridgehead atoms. The van der Waals surface area contributed by atoms with Crippen LogP contribution in [0.2, 0.25) is 0 Å². The molecule has 2 heterocycles. The van der Waals surface area contributed by atoms with Crippen molar-refractivity contribution >= 4 is 33.0 Å². The molecule has 0 fully saturated rings. The quantitative estimate of drug-likeness (QED) is 0.214. The molecule has 0 aliphatic heterocycles. The predicted octanol–water partition coefficient (Wildman–Crippen LogP) is 11.1. The average molecular weight is 549 g/mol. The highest BCUT2D eigenvalue weighted by atomic mass is 16.3. The third kappa shape index (κ3) is 4.15. The van der Waals surface area contributed by atoms with Gasteiger partial charge in [0.2, 0.25) is 0 Å². The molecule has 2 aromatic heterocycles. The Morgan fingerprint density at radius 3 is 2.02 bits per heavy atom. The highest BCUT2D eigenvalue weighted by Gasteiger charge is 2.24. The summed E-state index contributed by atoms with van der Waals surface area (Å²) in [5, 5.41) is 2.32. The van der Waals surface area contributed by atoms with E-state index in [0.29, 0.717) is 11.8 Å². The summed E-state index contributed by atoms with van der Waals surface area (Å²) in [6.45, 7) is 13.5. The number of benzene rings is 5. The Morgan fingerprint density at radius 2 is 1.31 bits per heavy atom. The molecule has 0 N–H and O–H groups in total. The smallest absolute Gasteiger partial charge is 0.145 e. The number of furan rings is 1. The summed E-state index contributed by atoms with van der Waals surface area (Å²) in [4.78, 5) is 5.28. The van der Waals surface area contributed by atoms with E-state index in [1.165, 1.54) is 38.9 Å². The first-order chi connectivity index (χ1) is 20.3. The summed E-state index contributed by atoms with van der Waals surface area (Å²) >= 11 is 0. The zero-order valence-corrected chi connectivity index (χ0v) is 25.2. The van der Waals surface area contributed by atoms with Crippen molar-refractivity contribution < 1.29 is 4.42 Å². The van der Waals surface area contributed by atoms with Gasteiger partial charge in [-0.15, -0.1) is 0 Å². The molecule has 3 nitrogen and oxygen atoms in total. The largest absolute Gasteiger partial charge is 0.456 e. The third-order valence-corrected chi connectivity index (χ3v) is 8.59. The summed E-state index contributed by atoms with van der Waals surface area (Å²) < 4.78 is 8.77. The minimum atomic E-state index is 0.320. The highest BCUT2D eigenvalue weighted by molar-refractivity contribution is 6.09. The maximum Gasteiger partial charge on any atom is 0.145 e. The number of imidazole rings is 1. The number of aromatic nitrogens is 2. The molecule has 3 heteroatoms. The first kappa shape index (κ1) is 26.3. The molecular formula is C39H36N2O. The van der Waals surface area contributed by atoms with Gasteiger partial charge in [0, 0.05) is 16.3 Å². The minimum absolute atomic E-state index is 0.320. The van der Waals surface area contributed by atoms with Crippen LogP contribution in [0.5, 0.6) is 0 Å². The van der Waals surface area contributed by atoms with Crippen LogP contribution in [-0.4, -0.2) is 9.55 Å². The SMILES string of the molecule is Cc1ccc(C)c2c1oc1ccc(-c3nc4ccccc4n3-c3c(C(C)C)cc(-c4ccccc4)cc3C(C)C)cc12. The third-order valence-electron chi connectivity index (χ3n) is 8.59. The number of para-hydroxylation sites is 2. The second kappa shape index (κ2) is 10.0. The van der Waals surface area contributed by atoms with Crippen LogP contribution in [0.1, 0.15) is 61.8 Å². The Morgan fingerprint density at radius 1 is 0.643 bits per heavy atom. The van der Waals surface area contributed by atoms with Gasteiger partial charge in [-0.3, -0.25) is 4.57 Å². The van der Waals surface area contributed by atoms with Crippen molar-refractivity contribution in [2.24, 2.45) is 0 Å². The topological polar surface area (TPSA) is 31.0 Å². The lowest BCUT2D eigenvalue weighted by Crippen LogP contribution is -2.09. The summed E-state index contributed by atoms with van der Waals surface area (Å²) in [6, 6.07) is 34.9. The summed E-state index contributed by atoms with van der Waals surface area (Å²) in [6.07, 6.45) is 0. The van der Waals surface area contributed by atoms with Gasteiger partial charge in [-0.2, -0.15) is 0 Å². The summed E-state index contributed by atoms with van der Waals surface area (Å²) in [5.41, 5.74) is 13.8. The van der Waals surface area contributed by atoms with Crippen LogP contribution in [0.4, 0.5) is 0 Å². The van der Waals surface area contributed by atoms with Crippen LogP contribution < -0.4 is 0 Å². The van der Waals surface area contributed by atoms with E-state index >= 15 is 0 Å². The Balaban J connectivity index is 1.56. The molecular weight excluding hydrogens is 512 g/mol. The molecule has 0 atom stereocenters. The lowest BCUT2D eigenvalue weighted by Gasteiger charge is -2.24. The number of fused-ring (bicyclic) bond motifs is 4. The first-order valence-corrected chi connectivity index (χ1v) is 15.0. The molecule has 0 spiro atoms. The minimum Gasteiger partial charge on any atom is -0.456 e. The Hall–Kier alpha value is -4.63. The molecule has 0 amide bonds. The Kier molecular flexibility index (Phi) is 6.27. The monoisotopic (exact) mass is 548 g/mol. The molecule has 0 radical (unpaired) electrons. The molecule has 208 valence electrons. The maximum absolute atomic E-state index is 6.36. The zero-order chi connectivity index (χ0) is 29.1. The Bertz CT molecular complexity index is 2080. The lowest BCUT2D eigenvalue weighted by molar-refractivity contribution is 0.665. The van der Waals surface area contributed by atoms with Crippen molar-refractivity contribution in [3.05, 3.63) is 119 Å². The highest BCUT2D eigenvalue weighted by Crippen LogP contribution is 2.41.